The Bertz CT molecular complexity index is 464. The zero-order valence-electron chi connectivity index (χ0n) is 11.3. The highest BCUT2D eigenvalue weighted by atomic mass is 32.1. The van der Waals surface area contributed by atoms with Gasteiger partial charge in [0.2, 0.25) is 0 Å². The molecule has 0 saturated carbocycles. The molecule has 2 N–H and O–H groups in total. The number of nitrogens with one attached hydrogen (secondary N) is 1. The van der Waals surface area contributed by atoms with Crippen LogP contribution in [0.25, 0.3) is 0 Å². The summed E-state index contributed by atoms with van der Waals surface area (Å²) in [5.41, 5.74) is 0.455. The molecule has 1 atom stereocenters. The molecule has 20 heavy (non-hydrogen) atoms. The van der Waals surface area contributed by atoms with E-state index in [1.165, 1.54) is 0 Å². The van der Waals surface area contributed by atoms with Crippen LogP contribution in [-0.4, -0.2) is 41.8 Å². The summed E-state index contributed by atoms with van der Waals surface area (Å²) in [5.74, 6) is -0.580. The average molecular weight is 297 g/mol. The smallest absolute Gasteiger partial charge is 0.321 e. The normalized spacial score (nSPS) is 11.9. The monoisotopic (exact) mass is 297 g/mol. The van der Waals surface area contributed by atoms with Crippen LogP contribution in [0.15, 0.2) is 24.3 Å². The molecular formula is C14H19NO4S. The lowest BCUT2D eigenvalue weighted by atomic mass is 10.1. The molecule has 5 nitrogen and oxygen atoms in total. The largest absolute Gasteiger partial charge is 0.493 e. The standard InChI is InChI=1S/C14H19NO4S/c1-2-7-19-13-6-4-3-5-10(13)12(16)8-15-11(9-20)14(17)18/h3-6,11,15,20H,2,7-9H2,1H3,(H,17,18)/t11-/m1/s1. The molecule has 110 valence electrons. The van der Waals surface area contributed by atoms with Crippen molar-refractivity contribution in [3.63, 3.8) is 0 Å². The highest BCUT2D eigenvalue weighted by Gasteiger charge is 2.18. The second-order valence-corrected chi connectivity index (χ2v) is 4.59. The Labute approximate surface area is 123 Å². The molecule has 1 rings (SSSR count). The molecule has 0 amide bonds. The van der Waals surface area contributed by atoms with Crippen LogP contribution in [-0.2, 0) is 4.79 Å². The van der Waals surface area contributed by atoms with Crippen molar-refractivity contribution in [3.05, 3.63) is 29.8 Å². The molecule has 0 aromatic heterocycles. The first kappa shape index (κ1) is 16.5. The van der Waals surface area contributed by atoms with Gasteiger partial charge in [0, 0.05) is 5.75 Å². The third-order valence-electron chi connectivity index (χ3n) is 2.64. The van der Waals surface area contributed by atoms with E-state index in [0.717, 1.165) is 6.42 Å². The van der Waals surface area contributed by atoms with E-state index in [2.05, 4.69) is 17.9 Å². The fourth-order valence-corrected chi connectivity index (χ4v) is 1.86. The molecule has 1 aromatic carbocycles. The van der Waals surface area contributed by atoms with Crippen LogP contribution in [0.4, 0.5) is 0 Å². The first-order valence-corrected chi connectivity index (χ1v) is 7.05. The fourth-order valence-electron chi connectivity index (χ4n) is 1.58. The van der Waals surface area contributed by atoms with Gasteiger partial charge in [-0.2, -0.15) is 12.6 Å². The third-order valence-corrected chi connectivity index (χ3v) is 3.00. The van der Waals surface area contributed by atoms with Crippen molar-refractivity contribution in [2.75, 3.05) is 18.9 Å². The maximum Gasteiger partial charge on any atom is 0.321 e. The Morgan fingerprint density at radius 1 is 1.40 bits per heavy atom. The van der Waals surface area contributed by atoms with Crippen molar-refractivity contribution in [2.24, 2.45) is 0 Å². The van der Waals surface area contributed by atoms with Gasteiger partial charge in [-0.1, -0.05) is 19.1 Å². The number of carbonyl (C=O) groups excluding carboxylic acids is 1. The molecule has 0 unspecified atom stereocenters. The van der Waals surface area contributed by atoms with Gasteiger partial charge in [-0.3, -0.25) is 14.9 Å². The van der Waals surface area contributed by atoms with Gasteiger partial charge in [-0.05, 0) is 18.6 Å². The number of ketones is 1. The number of benzene rings is 1. The number of para-hydroxylation sites is 1. The molecule has 6 heteroatoms. The Kier molecular flexibility index (Phi) is 7.11. The molecule has 0 aliphatic carbocycles. The van der Waals surface area contributed by atoms with Crippen LogP contribution in [0.1, 0.15) is 23.7 Å². The number of carboxylic acids is 1. The minimum absolute atomic E-state index is 0.0655. The second kappa shape index (κ2) is 8.60. The molecule has 0 heterocycles. The van der Waals surface area contributed by atoms with Crippen molar-refractivity contribution in [2.45, 2.75) is 19.4 Å². The van der Waals surface area contributed by atoms with Gasteiger partial charge in [-0.25, -0.2) is 0 Å². The summed E-state index contributed by atoms with van der Waals surface area (Å²) in [4.78, 5) is 23.0. The maximum atomic E-state index is 12.1. The zero-order valence-corrected chi connectivity index (χ0v) is 12.2. The number of thiol groups is 1. The number of carboxylic acid groups (broad SMARTS) is 1. The van der Waals surface area contributed by atoms with Gasteiger partial charge in [-0.15, -0.1) is 0 Å². The van der Waals surface area contributed by atoms with Crippen LogP contribution in [0.3, 0.4) is 0 Å². The summed E-state index contributed by atoms with van der Waals surface area (Å²) in [6.45, 7) is 2.45. The number of hydrogen-bond donors (Lipinski definition) is 3. The molecule has 0 radical (unpaired) electrons. The number of ether oxygens (including phenoxy) is 1. The van der Waals surface area contributed by atoms with Crippen LogP contribution in [0, 0.1) is 0 Å². The van der Waals surface area contributed by atoms with Crippen LogP contribution in [0.2, 0.25) is 0 Å². The lowest BCUT2D eigenvalue weighted by molar-refractivity contribution is -0.138. The molecular weight excluding hydrogens is 278 g/mol. The van der Waals surface area contributed by atoms with Gasteiger partial charge < -0.3 is 9.84 Å². The van der Waals surface area contributed by atoms with E-state index in [4.69, 9.17) is 9.84 Å². The predicted octanol–water partition coefficient (Wildman–Crippen LogP) is 1.63. The maximum absolute atomic E-state index is 12.1. The van der Waals surface area contributed by atoms with Crippen molar-refractivity contribution in [1.29, 1.82) is 0 Å². The molecule has 0 bridgehead atoms. The van der Waals surface area contributed by atoms with Crippen molar-refractivity contribution >= 4 is 24.4 Å². The van der Waals surface area contributed by atoms with Gasteiger partial charge in [0.1, 0.15) is 11.8 Å². The van der Waals surface area contributed by atoms with Gasteiger partial charge >= 0.3 is 5.97 Å². The van der Waals surface area contributed by atoms with Crippen LogP contribution >= 0.6 is 12.6 Å². The Balaban J connectivity index is 2.69. The molecule has 0 aliphatic rings. The average Bonchev–Trinajstić information content (AvgIpc) is 2.45. The highest BCUT2D eigenvalue weighted by molar-refractivity contribution is 7.80. The minimum Gasteiger partial charge on any atom is -0.493 e. The lowest BCUT2D eigenvalue weighted by Gasteiger charge is -2.13. The lowest BCUT2D eigenvalue weighted by Crippen LogP contribution is -2.41. The van der Waals surface area contributed by atoms with Crippen molar-refractivity contribution in [3.8, 4) is 5.75 Å². The summed E-state index contributed by atoms with van der Waals surface area (Å²) < 4.78 is 5.51. The molecule has 1 aromatic rings. The fraction of sp³-hybridized carbons (Fsp3) is 0.429. The van der Waals surface area contributed by atoms with Crippen LogP contribution in [0.5, 0.6) is 5.75 Å². The van der Waals surface area contributed by atoms with Crippen molar-refractivity contribution < 1.29 is 19.4 Å². The Morgan fingerprint density at radius 2 is 2.10 bits per heavy atom. The quantitative estimate of drug-likeness (QED) is 0.477. The number of aliphatic carboxylic acids is 1. The van der Waals surface area contributed by atoms with E-state index in [9.17, 15) is 9.59 Å². The number of Topliss-reactive ketones (excluding diaryl/α,β-unsaturated/α-hetero) is 1. The Hall–Kier alpha value is -1.53. The summed E-state index contributed by atoms with van der Waals surface area (Å²) in [7, 11) is 0. The number of rotatable bonds is 9. The van der Waals surface area contributed by atoms with E-state index in [-0.39, 0.29) is 18.1 Å². The third kappa shape index (κ3) is 4.86. The summed E-state index contributed by atoms with van der Waals surface area (Å²) in [6.07, 6.45) is 0.849. The number of hydrogen-bond acceptors (Lipinski definition) is 5. The zero-order chi connectivity index (χ0) is 15.0. The van der Waals surface area contributed by atoms with E-state index in [1.807, 2.05) is 6.92 Å². The van der Waals surface area contributed by atoms with Gasteiger partial charge in [0.25, 0.3) is 0 Å². The molecule has 0 saturated heterocycles. The molecule has 0 fully saturated rings. The highest BCUT2D eigenvalue weighted by Crippen LogP contribution is 2.18. The van der Waals surface area contributed by atoms with Gasteiger partial charge in [0.15, 0.2) is 5.78 Å². The van der Waals surface area contributed by atoms with Crippen LogP contribution < -0.4 is 10.1 Å². The van der Waals surface area contributed by atoms with E-state index in [1.54, 1.807) is 24.3 Å². The molecule has 0 spiro atoms. The van der Waals surface area contributed by atoms with Gasteiger partial charge in [0.05, 0.1) is 18.7 Å². The second-order valence-electron chi connectivity index (χ2n) is 4.22. The summed E-state index contributed by atoms with van der Waals surface area (Å²) in [5, 5.41) is 11.5. The van der Waals surface area contributed by atoms with E-state index < -0.39 is 12.0 Å². The minimum atomic E-state index is -1.02. The van der Waals surface area contributed by atoms with E-state index in [0.29, 0.717) is 17.9 Å². The topological polar surface area (TPSA) is 75.6 Å². The summed E-state index contributed by atoms with van der Waals surface area (Å²) >= 11 is 3.93. The molecule has 0 aliphatic heterocycles. The van der Waals surface area contributed by atoms with E-state index >= 15 is 0 Å². The summed E-state index contributed by atoms with van der Waals surface area (Å²) in [6, 6.07) is 6.11. The Morgan fingerprint density at radius 3 is 2.70 bits per heavy atom. The predicted molar refractivity (Wildman–Crippen MR) is 79.8 cm³/mol. The first-order valence-electron chi connectivity index (χ1n) is 6.42. The SMILES string of the molecule is CCCOc1ccccc1C(=O)CN[C@H](CS)C(=O)O. The number of carbonyl (C=O) groups is 2. The first-order chi connectivity index (χ1) is 9.60. The van der Waals surface area contributed by atoms with Crippen molar-refractivity contribution in [1.82, 2.24) is 5.32 Å².